The molecule has 8 nitrogen and oxygen atoms in total. The Bertz CT molecular complexity index is 895. The van der Waals surface area contributed by atoms with Crippen LogP contribution in [-0.2, 0) is 17.8 Å². The van der Waals surface area contributed by atoms with Crippen molar-refractivity contribution in [3.63, 3.8) is 0 Å². The lowest BCUT2D eigenvalue weighted by atomic mass is 9.96. The van der Waals surface area contributed by atoms with Crippen LogP contribution in [0, 0.1) is 5.41 Å². The molecule has 3 N–H and O–H groups in total. The standard InChI is InChI=1S/C12H13F3N6O.C5H9F3.C2H6O/c13-12(14,15)9-6-20(11(22)19-9)4-7-1-10-18-8(2-16)5-21(10)17-3-7;1-4(2,3)5(6,7)8;1-3-2/h1,3,5,9H,2,4,6,16H2,(H,19,22);1-3H3;1-2H3. The van der Waals surface area contributed by atoms with Crippen molar-refractivity contribution >= 4 is 11.7 Å². The molecule has 3 heterocycles. The topological polar surface area (TPSA) is 97.8 Å². The van der Waals surface area contributed by atoms with Crippen LogP contribution in [0.15, 0.2) is 18.5 Å². The van der Waals surface area contributed by atoms with Gasteiger partial charge in [0.15, 0.2) is 5.65 Å². The van der Waals surface area contributed by atoms with Crippen LogP contribution in [0.1, 0.15) is 32.0 Å². The number of aromatic nitrogens is 3. The van der Waals surface area contributed by atoms with Gasteiger partial charge in [-0.15, -0.1) is 0 Å². The maximum atomic E-state index is 12.6. The normalized spacial score (nSPS) is 16.7. The van der Waals surface area contributed by atoms with Crippen molar-refractivity contribution in [3.8, 4) is 0 Å². The summed E-state index contributed by atoms with van der Waals surface area (Å²) in [5, 5.41) is 6.02. The van der Waals surface area contributed by atoms with E-state index in [-0.39, 0.29) is 13.1 Å². The number of rotatable bonds is 3. The number of nitrogens with zero attached hydrogens (tertiary/aromatic N) is 4. The van der Waals surface area contributed by atoms with Gasteiger partial charge in [-0.05, 0) is 11.6 Å². The maximum absolute atomic E-state index is 12.6. The Morgan fingerprint density at radius 1 is 1.18 bits per heavy atom. The number of amides is 2. The highest BCUT2D eigenvalue weighted by atomic mass is 19.4. The van der Waals surface area contributed by atoms with E-state index in [0.717, 1.165) is 25.7 Å². The molecule has 1 saturated heterocycles. The molecule has 0 spiro atoms. The van der Waals surface area contributed by atoms with E-state index in [2.05, 4.69) is 14.8 Å². The van der Waals surface area contributed by atoms with Gasteiger partial charge in [-0.1, -0.05) is 20.8 Å². The fourth-order valence-electron chi connectivity index (χ4n) is 2.28. The van der Waals surface area contributed by atoms with E-state index in [4.69, 9.17) is 5.73 Å². The summed E-state index contributed by atoms with van der Waals surface area (Å²) < 4.78 is 78.3. The van der Waals surface area contributed by atoms with E-state index in [9.17, 15) is 31.1 Å². The van der Waals surface area contributed by atoms with Gasteiger partial charge in [0.2, 0.25) is 0 Å². The monoisotopic (exact) mass is 486 g/mol. The first-order valence-corrected chi connectivity index (χ1v) is 9.65. The van der Waals surface area contributed by atoms with Crippen LogP contribution in [0.4, 0.5) is 31.1 Å². The van der Waals surface area contributed by atoms with E-state index in [1.54, 1.807) is 26.5 Å². The molecule has 1 atom stereocenters. The summed E-state index contributed by atoms with van der Waals surface area (Å²) in [6.45, 7) is 3.32. The molecule has 1 aliphatic rings. The summed E-state index contributed by atoms with van der Waals surface area (Å²) in [6, 6.07) is -0.916. The quantitative estimate of drug-likeness (QED) is 0.648. The summed E-state index contributed by atoms with van der Waals surface area (Å²) in [4.78, 5) is 16.9. The lowest BCUT2D eigenvalue weighted by Gasteiger charge is -2.21. The van der Waals surface area contributed by atoms with E-state index >= 15 is 0 Å². The number of nitrogens with one attached hydrogen (secondary N) is 1. The molecule has 0 radical (unpaired) electrons. The Morgan fingerprint density at radius 2 is 1.73 bits per heavy atom. The molecule has 1 unspecified atom stereocenters. The Hall–Kier alpha value is -2.61. The van der Waals surface area contributed by atoms with Crippen molar-refractivity contribution in [1.82, 2.24) is 24.8 Å². The van der Waals surface area contributed by atoms with Crippen LogP contribution in [0.25, 0.3) is 5.65 Å². The van der Waals surface area contributed by atoms with E-state index in [1.165, 1.54) is 10.7 Å². The Labute approximate surface area is 187 Å². The number of imidazole rings is 1. The number of methoxy groups -OCH3 is 1. The number of nitrogens with two attached hydrogens (primary N) is 1. The van der Waals surface area contributed by atoms with Gasteiger partial charge in [0, 0.05) is 27.3 Å². The molecule has 0 aliphatic carbocycles. The third-order valence-electron chi connectivity index (χ3n) is 4.24. The number of fused-ring (bicyclic) bond motifs is 1. The molecule has 0 saturated carbocycles. The number of ether oxygens (including phenoxy) is 1. The molecule has 3 rings (SSSR count). The van der Waals surface area contributed by atoms with Gasteiger partial charge in [0.25, 0.3) is 0 Å². The third kappa shape index (κ3) is 8.35. The zero-order valence-corrected chi connectivity index (χ0v) is 18.9. The molecule has 2 amide bonds. The molecule has 2 aromatic rings. The number of hydrogen-bond donors (Lipinski definition) is 2. The van der Waals surface area contributed by atoms with Crippen LogP contribution >= 0.6 is 0 Å². The van der Waals surface area contributed by atoms with Crippen molar-refractivity contribution in [2.24, 2.45) is 11.1 Å². The van der Waals surface area contributed by atoms with Gasteiger partial charge < -0.3 is 20.7 Å². The summed E-state index contributed by atoms with van der Waals surface area (Å²) in [5.74, 6) is 0. The molecular weight excluding hydrogens is 458 g/mol. The second-order valence-corrected chi connectivity index (χ2v) is 8.18. The van der Waals surface area contributed by atoms with Gasteiger partial charge >= 0.3 is 18.4 Å². The van der Waals surface area contributed by atoms with E-state index in [0.29, 0.717) is 16.9 Å². The fraction of sp³-hybridized carbons (Fsp3) is 0.632. The van der Waals surface area contributed by atoms with Crippen LogP contribution in [-0.4, -0.2) is 64.7 Å². The first kappa shape index (κ1) is 28.4. The van der Waals surface area contributed by atoms with Crippen LogP contribution in [0.2, 0.25) is 0 Å². The number of carbonyl (C=O) groups excluding carboxylic acids is 1. The van der Waals surface area contributed by atoms with Crippen molar-refractivity contribution < 1.29 is 35.9 Å². The number of hydrogen-bond acceptors (Lipinski definition) is 5. The highest BCUT2D eigenvalue weighted by molar-refractivity contribution is 5.77. The van der Waals surface area contributed by atoms with Gasteiger partial charge in [0.1, 0.15) is 6.04 Å². The minimum absolute atomic E-state index is 0.0345. The van der Waals surface area contributed by atoms with Gasteiger partial charge in [-0.2, -0.15) is 31.4 Å². The smallest absolute Gasteiger partial charge is 0.388 e. The Morgan fingerprint density at radius 3 is 2.15 bits per heavy atom. The number of carbonyl (C=O) groups is 1. The average Bonchev–Trinajstić information content (AvgIpc) is 3.24. The zero-order chi connectivity index (χ0) is 25.6. The van der Waals surface area contributed by atoms with Gasteiger partial charge in [-0.25, -0.2) is 14.3 Å². The highest BCUT2D eigenvalue weighted by Crippen LogP contribution is 2.36. The fourth-order valence-corrected chi connectivity index (χ4v) is 2.28. The zero-order valence-electron chi connectivity index (χ0n) is 18.9. The third-order valence-corrected chi connectivity index (χ3v) is 4.24. The molecule has 14 heteroatoms. The average molecular weight is 486 g/mol. The van der Waals surface area contributed by atoms with Crippen molar-refractivity contribution in [1.29, 1.82) is 0 Å². The summed E-state index contributed by atoms with van der Waals surface area (Å²) in [5.41, 5.74) is 5.71. The largest absolute Gasteiger partial charge is 0.410 e. The van der Waals surface area contributed by atoms with Crippen LogP contribution < -0.4 is 11.1 Å². The van der Waals surface area contributed by atoms with Gasteiger partial charge in [0.05, 0.1) is 30.0 Å². The number of halogens is 6. The maximum Gasteiger partial charge on any atom is 0.410 e. The van der Waals surface area contributed by atoms with E-state index in [1.807, 2.05) is 5.32 Å². The summed E-state index contributed by atoms with van der Waals surface area (Å²) in [7, 11) is 3.25. The first-order valence-electron chi connectivity index (χ1n) is 9.65. The summed E-state index contributed by atoms with van der Waals surface area (Å²) >= 11 is 0. The summed E-state index contributed by atoms with van der Waals surface area (Å²) in [6.07, 6.45) is -5.36. The molecule has 1 aliphatic heterocycles. The predicted octanol–water partition coefficient (Wildman–Crippen LogP) is 3.50. The number of alkyl halides is 6. The molecule has 1 fully saturated rings. The SMILES string of the molecule is CC(C)(C)C(F)(F)F.COC.NCc1cn2ncc(CN3CC(C(F)(F)F)NC3=O)cc2n1. The van der Waals surface area contributed by atoms with Crippen LogP contribution in [0.3, 0.4) is 0 Å². The molecule has 0 aromatic carbocycles. The minimum Gasteiger partial charge on any atom is -0.388 e. The molecular formula is C19H28F6N6O2. The van der Waals surface area contributed by atoms with Crippen molar-refractivity contribution in [2.75, 3.05) is 20.8 Å². The lowest BCUT2D eigenvalue weighted by Crippen LogP contribution is -2.40. The van der Waals surface area contributed by atoms with Crippen molar-refractivity contribution in [3.05, 3.63) is 29.7 Å². The van der Waals surface area contributed by atoms with Gasteiger partial charge in [-0.3, -0.25) is 0 Å². The number of urea groups is 1. The van der Waals surface area contributed by atoms with Crippen LogP contribution in [0.5, 0.6) is 0 Å². The molecule has 188 valence electrons. The first-order chi connectivity index (χ1) is 15.0. The lowest BCUT2D eigenvalue weighted by molar-refractivity contribution is -0.204. The minimum atomic E-state index is -4.45. The molecule has 33 heavy (non-hydrogen) atoms. The second-order valence-electron chi connectivity index (χ2n) is 8.18. The highest BCUT2D eigenvalue weighted by Gasteiger charge is 2.46. The molecule has 2 aromatic heterocycles. The van der Waals surface area contributed by atoms with E-state index < -0.39 is 36.4 Å². The Balaban J connectivity index is 0.000000417. The Kier molecular flexibility index (Phi) is 9.48. The van der Waals surface area contributed by atoms with Crippen molar-refractivity contribution in [2.45, 2.75) is 52.3 Å². The molecule has 0 bridgehead atoms. The second kappa shape index (κ2) is 11.0. The predicted molar refractivity (Wildman–Crippen MR) is 108 cm³/mol.